The molecule has 13 rings (SSSR count). The minimum absolute atomic E-state index is 0. The molecule has 0 spiro atoms. The fraction of sp³-hybridized carbons (Fsp3) is 0.339. The number of hydrogen-bond acceptors (Lipinski definition) is 4. The second-order valence-electron chi connectivity index (χ2n) is 22.0. The molecule has 4 bridgehead atoms. The van der Waals surface area contributed by atoms with Crippen molar-refractivity contribution in [3.8, 4) is 39.5 Å². The number of hydrogen-bond donors (Lipinski definition) is 0. The molecule has 353 valence electrons. The summed E-state index contributed by atoms with van der Waals surface area (Å²) in [7, 11) is 0. The van der Waals surface area contributed by atoms with Gasteiger partial charge in [0.15, 0.2) is 0 Å². The molecule has 0 N–H and O–H groups in total. The van der Waals surface area contributed by atoms with E-state index in [1.807, 2.05) is 37.3 Å². The zero-order valence-electron chi connectivity index (χ0n) is 41.4. The average molecular weight is 1150 g/mol. The maximum absolute atomic E-state index is 6.44. The van der Waals surface area contributed by atoms with Crippen LogP contribution in [0.5, 0.6) is 0 Å². The summed E-state index contributed by atoms with van der Waals surface area (Å²) in [6.45, 7) is 11.1. The molecule has 0 amide bonds. The van der Waals surface area contributed by atoms with Crippen molar-refractivity contribution in [1.82, 2.24) is 19.5 Å². The Morgan fingerprint density at radius 3 is 2.04 bits per heavy atom. The Balaban J connectivity index is 0.000000171. The fourth-order valence-electron chi connectivity index (χ4n) is 12.6. The van der Waals surface area contributed by atoms with Gasteiger partial charge in [0.2, 0.25) is 5.71 Å². The van der Waals surface area contributed by atoms with E-state index in [1.54, 1.807) is 16.4 Å². The predicted octanol–water partition coefficient (Wildman–Crippen LogP) is 15.7. The molecule has 4 aromatic heterocycles. The van der Waals surface area contributed by atoms with Crippen LogP contribution in [0.25, 0.3) is 72.6 Å². The van der Waals surface area contributed by atoms with Crippen molar-refractivity contribution in [2.75, 3.05) is 0 Å². The molecule has 7 heteroatoms. The van der Waals surface area contributed by atoms with Crippen LogP contribution in [0.1, 0.15) is 94.0 Å². The fourth-order valence-corrected chi connectivity index (χ4v) is 15.9. The Labute approximate surface area is 425 Å². The van der Waals surface area contributed by atoms with E-state index in [4.69, 9.17) is 14.4 Å². The van der Waals surface area contributed by atoms with Crippen LogP contribution in [0.2, 0.25) is 17.3 Å². The first-order chi connectivity index (χ1) is 32.9. The third-order valence-corrected chi connectivity index (χ3v) is 20.0. The number of pyridine rings is 2. The average Bonchev–Trinajstić information content (AvgIpc) is 3.90. The predicted molar refractivity (Wildman–Crippen MR) is 284 cm³/mol. The van der Waals surface area contributed by atoms with Gasteiger partial charge in [-0.3, -0.25) is 4.98 Å². The zero-order valence-corrected chi connectivity index (χ0v) is 45.9. The van der Waals surface area contributed by atoms with Gasteiger partial charge in [0.25, 0.3) is 0 Å². The van der Waals surface area contributed by atoms with Gasteiger partial charge in [-0.15, -0.1) is 18.2 Å². The van der Waals surface area contributed by atoms with Crippen molar-refractivity contribution in [3.05, 3.63) is 162 Å². The van der Waals surface area contributed by atoms with Crippen LogP contribution in [0.3, 0.4) is 0 Å². The molecule has 0 aliphatic heterocycles. The molecule has 0 unspecified atom stereocenters. The monoisotopic (exact) mass is 1150 g/mol. The summed E-state index contributed by atoms with van der Waals surface area (Å²) < 4.78 is 10.4. The summed E-state index contributed by atoms with van der Waals surface area (Å²) >= 11 is -1.94. The number of aryl methyl sites for hydroxylation is 1. The maximum Gasteiger partial charge on any atom is 0 e. The van der Waals surface area contributed by atoms with Crippen LogP contribution in [-0.2, 0) is 26.5 Å². The summed E-state index contributed by atoms with van der Waals surface area (Å²) in [4.78, 5) is 14.8. The number of aromatic nitrogens is 4. The van der Waals surface area contributed by atoms with Crippen molar-refractivity contribution in [3.63, 3.8) is 0 Å². The minimum atomic E-state index is -1.94. The van der Waals surface area contributed by atoms with Gasteiger partial charge >= 0.3 is 167 Å². The Morgan fingerprint density at radius 1 is 0.696 bits per heavy atom. The normalized spacial score (nSPS) is 19.7. The third kappa shape index (κ3) is 9.11. The first kappa shape index (κ1) is 47.5. The van der Waals surface area contributed by atoms with Gasteiger partial charge in [0.05, 0.1) is 22.4 Å². The Kier molecular flexibility index (Phi) is 13.2. The molecule has 4 aliphatic rings. The summed E-state index contributed by atoms with van der Waals surface area (Å²) in [6.07, 6.45) is 11.2. The topological polar surface area (TPSA) is 56.7 Å². The molecule has 4 fully saturated rings. The number of imidazole rings is 1. The molecule has 69 heavy (non-hydrogen) atoms. The zero-order chi connectivity index (χ0) is 46.8. The molecular weight excluding hydrogens is 1080 g/mol. The number of furan rings is 1. The number of benzene rings is 5. The Hall–Kier alpha value is -5.14. The van der Waals surface area contributed by atoms with Gasteiger partial charge in [0.1, 0.15) is 0 Å². The van der Waals surface area contributed by atoms with Gasteiger partial charge in [-0.2, -0.15) is 0 Å². The molecule has 4 heterocycles. The molecule has 1 radical (unpaired) electrons. The molecule has 5 aromatic carbocycles. The first-order valence-electron chi connectivity index (χ1n) is 25.3. The van der Waals surface area contributed by atoms with Crippen LogP contribution < -0.4 is 4.40 Å². The summed E-state index contributed by atoms with van der Waals surface area (Å²) in [5.74, 6) is 14.0. The standard InChI is InChI=1S/C37H32N3O.C25H32GeN.Ir/c1-22(2)30-20-26(25-12-7-6-8-13-25)21-31(23(3)4)34(30)40-33-17-10-9-16-32(33)39-36(40)29-15-11-14-27-28-19-18-24(5)38-37(28)41-35(27)29;1-26(2,3)24-16-27-25(19-7-5-4-6-8-19)15-22(24)14-23-20-10-17-9-18(12-20)13-21(23)11-17;/h6-14,16-23H,1-5H3;4-7,15-18,20-21,23H,9-14H2,1-3H3;/q2*-1;. The van der Waals surface area contributed by atoms with Crippen LogP contribution in [0.15, 0.2) is 132 Å². The third-order valence-electron chi connectivity index (χ3n) is 15.6. The molecule has 0 saturated heterocycles. The SMILES string of the molecule is Cc1ccc2c(n1)oc1c(-c3nc4ccccc4n3-c3c(C(C)C)cc(-c4ccccc4)cc3C(C)C)[c-]ccc12.[CH3][Ge]([CH3])([CH3])[c]1cnc(-c2[c-]cccc2)cc1CC1C2CC3CC(C2)CC1C3.[Ir]. The molecule has 5 nitrogen and oxygen atoms in total. The van der Waals surface area contributed by atoms with E-state index in [-0.39, 0.29) is 20.1 Å². The van der Waals surface area contributed by atoms with E-state index < -0.39 is 13.3 Å². The smallest absolute Gasteiger partial charge is 0 e. The van der Waals surface area contributed by atoms with E-state index in [9.17, 15) is 0 Å². The second kappa shape index (κ2) is 19.2. The minimum Gasteiger partial charge on any atom is 0 e. The molecule has 0 atom stereocenters. The molecule has 9 aromatic rings. The van der Waals surface area contributed by atoms with Crippen LogP contribution in [0, 0.1) is 48.6 Å². The van der Waals surface area contributed by atoms with Gasteiger partial charge in [0, 0.05) is 36.9 Å². The quantitative estimate of drug-likeness (QED) is 0.107. The first-order valence-corrected chi connectivity index (χ1v) is 32.6. The van der Waals surface area contributed by atoms with Crippen molar-refractivity contribution in [2.24, 2.45) is 29.6 Å². The number of para-hydroxylation sites is 2. The van der Waals surface area contributed by atoms with E-state index >= 15 is 0 Å². The van der Waals surface area contributed by atoms with E-state index in [2.05, 4.69) is 164 Å². The Morgan fingerprint density at radius 2 is 1.38 bits per heavy atom. The van der Waals surface area contributed by atoms with Crippen molar-refractivity contribution in [1.29, 1.82) is 0 Å². The second-order valence-corrected chi connectivity index (χ2v) is 32.6. The van der Waals surface area contributed by atoms with Crippen molar-refractivity contribution < 1.29 is 24.5 Å². The van der Waals surface area contributed by atoms with Gasteiger partial charge in [-0.25, -0.2) is 4.98 Å². The molecule has 4 saturated carbocycles. The number of rotatable bonds is 9. The van der Waals surface area contributed by atoms with E-state index in [0.717, 1.165) is 85.3 Å². The van der Waals surface area contributed by atoms with E-state index in [0.29, 0.717) is 17.5 Å². The summed E-state index contributed by atoms with van der Waals surface area (Å²) in [5, 5.41) is 2.02. The largest absolute Gasteiger partial charge is 0 e. The van der Waals surface area contributed by atoms with Crippen molar-refractivity contribution in [2.45, 2.75) is 102 Å². The molecule has 4 aliphatic carbocycles. The van der Waals surface area contributed by atoms with Gasteiger partial charge in [-0.1, -0.05) is 81.1 Å². The van der Waals surface area contributed by atoms with Crippen LogP contribution in [-0.4, -0.2) is 32.8 Å². The summed E-state index contributed by atoms with van der Waals surface area (Å²) in [5.41, 5.74) is 15.3. The number of nitrogens with zero attached hydrogens (tertiary/aromatic N) is 4. The Bertz CT molecular complexity index is 3230. The number of fused-ring (bicyclic) bond motifs is 4. The maximum atomic E-state index is 6.44. The van der Waals surface area contributed by atoms with Gasteiger partial charge in [-0.05, 0) is 77.4 Å². The van der Waals surface area contributed by atoms with Crippen LogP contribution >= 0.6 is 0 Å². The molecular formula is C62H64GeIrN4O-2. The van der Waals surface area contributed by atoms with E-state index in [1.165, 1.54) is 60.0 Å². The summed E-state index contributed by atoms with van der Waals surface area (Å²) in [6, 6.07) is 49.5. The van der Waals surface area contributed by atoms with Crippen LogP contribution in [0.4, 0.5) is 0 Å². The van der Waals surface area contributed by atoms with Gasteiger partial charge < -0.3 is 8.98 Å². The van der Waals surface area contributed by atoms with Crippen molar-refractivity contribution >= 4 is 50.8 Å².